The van der Waals surface area contributed by atoms with Crippen molar-refractivity contribution in [3.8, 4) is 5.75 Å². The lowest BCUT2D eigenvalue weighted by atomic mass is 10.2. The van der Waals surface area contributed by atoms with Gasteiger partial charge in [0, 0.05) is 13.0 Å². The number of sulfonamides is 1. The molecule has 110 valence electrons. The van der Waals surface area contributed by atoms with Crippen molar-refractivity contribution in [1.82, 2.24) is 4.72 Å². The summed E-state index contributed by atoms with van der Waals surface area (Å²) in [6, 6.07) is 3.16. The van der Waals surface area contributed by atoms with Crippen molar-refractivity contribution >= 4 is 21.9 Å². The smallest absolute Gasteiger partial charge is 0.341 e. The Labute approximate surface area is 115 Å². The zero-order valence-electron chi connectivity index (χ0n) is 10.6. The third kappa shape index (κ3) is 3.93. The number of primary amides is 1. The molecular weight excluding hydrogens is 288 g/mol. The fraction of sp³-hybridized carbons (Fsp3) is 0.273. The van der Waals surface area contributed by atoms with Crippen LogP contribution in [0.1, 0.15) is 16.8 Å². The summed E-state index contributed by atoms with van der Waals surface area (Å²) in [4.78, 5) is 21.7. The minimum atomic E-state index is -3.91. The lowest BCUT2D eigenvalue weighted by Crippen LogP contribution is -2.28. The third-order valence-electron chi connectivity index (χ3n) is 2.35. The Morgan fingerprint density at radius 1 is 1.40 bits per heavy atom. The van der Waals surface area contributed by atoms with Crippen molar-refractivity contribution in [3.63, 3.8) is 0 Å². The number of rotatable bonds is 6. The summed E-state index contributed by atoms with van der Waals surface area (Å²) in [5.41, 5.74) is 4.62. The Morgan fingerprint density at radius 3 is 2.60 bits per heavy atom. The van der Waals surface area contributed by atoms with Gasteiger partial charge in [0.2, 0.25) is 15.9 Å². The van der Waals surface area contributed by atoms with Crippen molar-refractivity contribution in [1.29, 1.82) is 0 Å². The maximum absolute atomic E-state index is 11.9. The van der Waals surface area contributed by atoms with Crippen LogP contribution in [0.3, 0.4) is 0 Å². The number of aromatic hydroxyl groups is 1. The standard InChI is InChI=1S/C11H14N2O6S/c1-19-11(16)8-6-7(2-3-9(8)14)20(17,18)13-5-4-10(12)15/h2-3,6,13-14H,4-5H2,1H3,(H2,12,15). The topological polar surface area (TPSA) is 136 Å². The average Bonchev–Trinajstić information content (AvgIpc) is 2.37. The molecule has 1 rings (SSSR count). The lowest BCUT2D eigenvalue weighted by Gasteiger charge is -2.08. The van der Waals surface area contributed by atoms with Gasteiger partial charge in [-0.2, -0.15) is 0 Å². The first-order chi connectivity index (χ1) is 9.27. The van der Waals surface area contributed by atoms with Crippen LogP contribution in [0.5, 0.6) is 5.75 Å². The highest BCUT2D eigenvalue weighted by molar-refractivity contribution is 7.89. The molecule has 0 saturated heterocycles. The van der Waals surface area contributed by atoms with Gasteiger partial charge in [-0.05, 0) is 18.2 Å². The van der Waals surface area contributed by atoms with Crippen LogP contribution in [0.25, 0.3) is 0 Å². The van der Waals surface area contributed by atoms with E-state index < -0.39 is 27.6 Å². The number of hydrogen-bond donors (Lipinski definition) is 3. The molecule has 4 N–H and O–H groups in total. The second-order valence-electron chi connectivity index (χ2n) is 3.78. The first kappa shape index (κ1) is 15.9. The second kappa shape index (κ2) is 6.35. The Bertz CT molecular complexity index is 626. The van der Waals surface area contributed by atoms with E-state index >= 15 is 0 Å². The van der Waals surface area contributed by atoms with E-state index in [1.807, 2.05) is 0 Å². The zero-order chi connectivity index (χ0) is 15.3. The van der Waals surface area contributed by atoms with Crippen LogP contribution in [-0.2, 0) is 19.6 Å². The van der Waals surface area contributed by atoms with Gasteiger partial charge < -0.3 is 15.6 Å². The highest BCUT2D eigenvalue weighted by Gasteiger charge is 2.19. The number of phenolic OH excluding ortho intramolecular Hbond substituents is 1. The van der Waals surface area contributed by atoms with Gasteiger partial charge in [0.25, 0.3) is 0 Å². The molecule has 0 fully saturated rings. The van der Waals surface area contributed by atoms with Crippen molar-refractivity contribution in [2.75, 3.05) is 13.7 Å². The van der Waals surface area contributed by atoms with Gasteiger partial charge in [-0.3, -0.25) is 4.79 Å². The molecule has 1 amide bonds. The fourth-order valence-corrected chi connectivity index (χ4v) is 2.41. The number of ether oxygens (including phenoxy) is 1. The summed E-state index contributed by atoms with van der Waals surface area (Å²) in [6.07, 6.45) is -0.152. The van der Waals surface area contributed by atoms with E-state index in [-0.39, 0.29) is 23.4 Å². The minimum Gasteiger partial charge on any atom is -0.507 e. The molecule has 0 atom stereocenters. The van der Waals surface area contributed by atoms with Crippen LogP contribution in [0, 0.1) is 0 Å². The van der Waals surface area contributed by atoms with Gasteiger partial charge in [0.15, 0.2) is 0 Å². The Balaban J connectivity index is 3.01. The molecule has 1 aromatic carbocycles. The summed E-state index contributed by atoms with van der Waals surface area (Å²) in [5, 5.41) is 9.47. The number of phenols is 1. The largest absolute Gasteiger partial charge is 0.507 e. The molecule has 0 radical (unpaired) electrons. The van der Waals surface area contributed by atoms with E-state index in [1.54, 1.807) is 0 Å². The maximum Gasteiger partial charge on any atom is 0.341 e. The molecule has 9 heteroatoms. The molecule has 0 aliphatic carbocycles. The average molecular weight is 302 g/mol. The van der Waals surface area contributed by atoms with E-state index in [0.717, 1.165) is 25.3 Å². The van der Waals surface area contributed by atoms with E-state index in [1.165, 1.54) is 0 Å². The molecule has 0 bridgehead atoms. The van der Waals surface area contributed by atoms with Crippen molar-refractivity contribution in [2.24, 2.45) is 5.73 Å². The normalized spacial score (nSPS) is 11.1. The molecular formula is C11H14N2O6S. The maximum atomic E-state index is 11.9. The molecule has 1 aromatic rings. The molecule has 0 unspecified atom stereocenters. The second-order valence-corrected chi connectivity index (χ2v) is 5.55. The molecule has 0 saturated carbocycles. The fourth-order valence-electron chi connectivity index (χ4n) is 1.35. The quantitative estimate of drug-likeness (QED) is 0.596. The first-order valence-electron chi connectivity index (χ1n) is 5.47. The Hall–Kier alpha value is -2.13. The first-order valence-corrected chi connectivity index (χ1v) is 6.95. The molecule has 0 aliphatic heterocycles. The third-order valence-corrected chi connectivity index (χ3v) is 3.81. The van der Waals surface area contributed by atoms with Crippen LogP contribution in [0.2, 0.25) is 0 Å². The monoisotopic (exact) mass is 302 g/mol. The number of amides is 1. The van der Waals surface area contributed by atoms with Gasteiger partial charge in [-0.25, -0.2) is 17.9 Å². The van der Waals surface area contributed by atoms with Gasteiger partial charge >= 0.3 is 5.97 Å². The number of hydrogen-bond acceptors (Lipinski definition) is 6. The van der Waals surface area contributed by atoms with Gasteiger partial charge in [-0.1, -0.05) is 0 Å². The molecule has 0 heterocycles. The minimum absolute atomic E-state index is 0.152. The van der Waals surface area contributed by atoms with E-state index in [9.17, 15) is 23.1 Å². The van der Waals surface area contributed by atoms with E-state index in [4.69, 9.17) is 5.73 Å². The number of benzene rings is 1. The van der Waals surface area contributed by atoms with Crippen LogP contribution in [0.4, 0.5) is 0 Å². The highest BCUT2D eigenvalue weighted by atomic mass is 32.2. The van der Waals surface area contributed by atoms with Gasteiger partial charge in [0.1, 0.15) is 11.3 Å². The summed E-state index contributed by atoms with van der Waals surface area (Å²) in [6.45, 7) is -0.161. The van der Waals surface area contributed by atoms with Crippen LogP contribution in [0.15, 0.2) is 23.1 Å². The predicted octanol–water partition coefficient (Wildman–Crippen LogP) is -0.667. The summed E-state index contributed by atoms with van der Waals surface area (Å²) in [7, 11) is -2.81. The lowest BCUT2D eigenvalue weighted by molar-refractivity contribution is -0.117. The Kier molecular flexibility index (Phi) is 5.06. The summed E-state index contributed by atoms with van der Waals surface area (Å²) >= 11 is 0. The van der Waals surface area contributed by atoms with Crippen molar-refractivity contribution in [3.05, 3.63) is 23.8 Å². The number of carbonyl (C=O) groups is 2. The summed E-state index contributed by atoms with van der Waals surface area (Å²) < 4.78 is 30.4. The van der Waals surface area contributed by atoms with Crippen molar-refractivity contribution in [2.45, 2.75) is 11.3 Å². The number of nitrogens with one attached hydrogen (secondary N) is 1. The van der Waals surface area contributed by atoms with Crippen LogP contribution < -0.4 is 10.5 Å². The molecule has 0 aliphatic rings. The SMILES string of the molecule is COC(=O)c1cc(S(=O)(=O)NCCC(N)=O)ccc1O. The van der Waals surface area contributed by atoms with Crippen LogP contribution in [-0.4, -0.2) is 39.1 Å². The van der Waals surface area contributed by atoms with Crippen LogP contribution >= 0.6 is 0 Å². The van der Waals surface area contributed by atoms with Gasteiger partial charge in [0.05, 0.1) is 12.0 Å². The summed E-state index contributed by atoms with van der Waals surface area (Å²) in [5.74, 6) is -1.90. The molecule has 0 spiro atoms. The van der Waals surface area contributed by atoms with E-state index in [0.29, 0.717) is 0 Å². The van der Waals surface area contributed by atoms with Gasteiger partial charge in [-0.15, -0.1) is 0 Å². The number of nitrogens with two attached hydrogens (primary N) is 1. The number of methoxy groups -OCH3 is 1. The Morgan fingerprint density at radius 2 is 2.05 bits per heavy atom. The predicted molar refractivity (Wildman–Crippen MR) is 68.4 cm³/mol. The van der Waals surface area contributed by atoms with Crippen molar-refractivity contribution < 1.29 is 27.9 Å². The number of esters is 1. The molecule has 0 aromatic heterocycles. The van der Waals surface area contributed by atoms with E-state index in [2.05, 4.69) is 9.46 Å². The zero-order valence-corrected chi connectivity index (χ0v) is 11.4. The molecule has 20 heavy (non-hydrogen) atoms. The molecule has 8 nitrogen and oxygen atoms in total. The highest BCUT2D eigenvalue weighted by Crippen LogP contribution is 2.21. The number of carbonyl (C=O) groups excluding carboxylic acids is 2.